The van der Waals surface area contributed by atoms with Gasteiger partial charge in [-0.15, -0.1) is 0 Å². The summed E-state index contributed by atoms with van der Waals surface area (Å²) >= 11 is 0. The molecule has 1 saturated heterocycles. The highest BCUT2D eigenvalue weighted by molar-refractivity contribution is 5.88. The fourth-order valence-electron chi connectivity index (χ4n) is 4.25. The lowest BCUT2D eigenvalue weighted by Crippen LogP contribution is -2.43. The molecule has 0 bridgehead atoms. The second kappa shape index (κ2) is 4.81. The smallest absolute Gasteiger partial charge is 0.224 e. The van der Waals surface area contributed by atoms with Crippen molar-refractivity contribution in [2.24, 2.45) is 24.8 Å². The van der Waals surface area contributed by atoms with E-state index in [9.17, 15) is 4.79 Å². The molecule has 1 aromatic carbocycles. The summed E-state index contributed by atoms with van der Waals surface area (Å²) in [5.74, 6) is 1.44. The zero-order valence-corrected chi connectivity index (χ0v) is 14.2. The minimum Gasteiger partial charge on any atom is -0.345 e. The summed E-state index contributed by atoms with van der Waals surface area (Å²) in [4.78, 5) is 12.6. The molecule has 5 nitrogen and oxygen atoms in total. The first kappa shape index (κ1) is 14.7. The van der Waals surface area contributed by atoms with Crippen molar-refractivity contribution in [1.29, 1.82) is 0 Å². The summed E-state index contributed by atoms with van der Waals surface area (Å²) in [5.41, 5.74) is 2.80. The average molecular weight is 312 g/mol. The highest BCUT2D eigenvalue weighted by atomic mass is 16.2. The topological polar surface area (TPSA) is 59.0 Å². The summed E-state index contributed by atoms with van der Waals surface area (Å²) in [7, 11) is 1.97. The Labute approximate surface area is 136 Å². The maximum atomic E-state index is 12.6. The Kier molecular flexibility index (Phi) is 3.07. The molecular formula is C18H24N4O. The molecule has 2 heterocycles. The number of fused-ring (bicyclic) bond motifs is 2. The van der Waals surface area contributed by atoms with Gasteiger partial charge in [-0.2, -0.15) is 5.10 Å². The van der Waals surface area contributed by atoms with Crippen LogP contribution in [0.3, 0.4) is 0 Å². The van der Waals surface area contributed by atoms with Crippen LogP contribution in [0.25, 0.3) is 10.9 Å². The molecule has 23 heavy (non-hydrogen) atoms. The molecule has 4 rings (SSSR count). The zero-order valence-electron chi connectivity index (χ0n) is 14.2. The third-order valence-corrected chi connectivity index (χ3v) is 5.49. The Balaban J connectivity index is 1.64. The maximum absolute atomic E-state index is 12.6. The van der Waals surface area contributed by atoms with Crippen molar-refractivity contribution in [3.63, 3.8) is 0 Å². The van der Waals surface area contributed by atoms with E-state index in [2.05, 4.69) is 35.8 Å². The van der Waals surface area contributed by atoms with Gasteiger partial charge in [-0.25, -0.2) is 0 Å². The number of carbonyl (C=O) groups excluding carboxylic acids is 1. The van der Waals surface area contributed by atoms with E-state index in [0.717, 1.165) is 29.7 Å². The standard InChI is InChI=1S/C18H24N4O/c1-10-6-5-7-11-15(10)22(4)21-16(11)18(2,3)20-17(23)14-12-8-19-9-13(12)14/h5-7,12-14,19H,8-9H2,1-4H3,(H,20,23)/t12-,13+,14+. The number of aryl methyl sites for hydroxylation is 2. The number of piperidine rings is 1. The van der Waals surface area contributed by atoms with Crippen LogP contribution in [-0.2, 0) is 17.4 Å². The van der Waals surface area contributed by atoms with Gasteiger partial charge in [0.2, 0.25) is 5.91 Å². The van der Waals surface area contributed by atoms with Gasteiger partial charge < -0.3 is 10.6 Å². The molecule has 1 aromatic heterocycles. The van der Waals surface area contributed by atoms with E-state index in [0.29, 0.717) is 11.8 Å². The van der Waals surface area contributed by atoms with Gasteiger partial charge in [0.05, 0.1) is 16.7 Å². The monoisotopic (exact) mass is 312 g/mol. The Bertz CT molecular complexity index is 782. The highest BCUT2D eigenvalue weighted by Gasteiger charge is 2.57. The number of nitrogens with zero attached hydrogens (tertiary/aromatic N) is 2. The molecule has 1 aliphatic carbocycles. The molecule has 2 aliphatic rings. The molecule has 1 amide bonds. The van der Waals surface area contributed by atoms with Crippen molar-refractivity contribution in [1.82, 2.24) is 20.4 Å². The van der Waals surface area contributed by atoms with E-state index in [1.54, 1.807) is 0 Å². The molecule has 122 valence electrons. The predicted molar refractivity (Wildman–Crippen MR) is 90.0 cm³/mol. The molecule has 2 fully saturated rings. The van der Waals surface area contributed by atoms with Gasteiger partial charge in [-0.05, 0) is 51.3 Å². The number of aromatic nitrogens is 2. The van der Waals surface area contributed by atoms with E-state index >= 15 is 0 Å². The third kappa shape index (κ3) is 2.17. The van der Waals surface area contributed by atoms with Crippen molar-refractivity contribution >= 4 is 16.8 Å². The van der Waals surface area contributed by atoms with Gasteiger partial charge >= 0.3 is 0 Å². The van der Waals surface area contributed by atoms with Crippen LogP contribution in [0.4, 0.5) is 0 Å². The van der Waals surface area contributed by atoms with Crippen molar-refractivity contribution in [3.8, 4) is 0 Å². The van der Waals surface area contributed by atoms with Crippen molar-refractivity contribution in [3.05, 3.63) is 29.5 Å². The molecule has 0 unspecified atom stereocenters. The number of hydrogen-bond acceptors (Lipinski definition) is 3. The lowest BCUT2D eigenvalue weighted by Gasteiger charge is -2.25. The first-order valence-corrected chi connectivity index (χ1v) is 8.35. The zero-order chi connectivity index (χ0) is 16.4. The van der Waals surface area contributed by atoms with E-state index in [1.807, 2.05) is 25.6 Å². The van der Waals surface area contributed by atoms with Crippen LogP contribution < -0.4 is 10.6 Å². The fraction of sp³-hybridized carbons (Fsp3) is 0.556. The molecule has 5 heteroatoms. The van der Waals surface area contributed by atoms with Crippen LogP contribution >= 0.6 is 0 Å². The van der Waals surface area contributed by atoms with Gasteiger partial charge in [0.15, 0.2) is 0 Å². The van der Waals surface area contributed by atoms with E-state index in [4.69, 9.17) is 5.10 Å². The summed E-state index contributed by atoms with van der Waals surface area (Å²) in [5, 5.41) is 12.4. The molecule has 1 aliphatic heterocycles. The van der Waals surface area contributed by atoms with Gasteiger partial charge in [0, 0.05) is 18.4 Å². The van der Waals surface area contributed by atoms with Crippen molar-refractivity contribution in [2.75, 3.05) is 13.1 Å². The van der Waals surface area contributed by atoms with Crippen LogP contribution in [-0.4, -0.2) is 28.8 Å². The molecule has 2 aromatic rings. The summed E-state index contributed by atoms with van der Waals surface area (Å²) < 4.78 is 1.92. The largest absolute Gasteiger partial charge is 0.345 e. The molecule has 1 saturated carbocycles. The average Bonchev–Trinajstić information content (AvgIpc) is 2.81. The predicted octanol–water partition coefficient (Wildman–Crippen LogP) is 1.70. The van der Waals surface area contributed by atoms with E-state index in [-0.39, 0.29) is 11.8 Å². The Hall–Kier alpha value is -1.88. The number of amides is 1. The van der Waals surface area contributed by atoms with Crippen LogP contribution in [0, 0.1) is 24.7 Å². The van der Waals surface area contributed by atoms with Crippen LogP contribution in [0.15, 0.2) is 18.2 Å². The summed E-state index contributed by atoms with van der Waals surface area (Å²) in [6.07, 6.45) is 0. The number of para-hydroxylation sites is 1. The summed E-state index contributed by atoms with van der Waals surface area (Å²) in [6, 6.07) is 6.24. The van der Waals surface area contributed by atoms with Crippen LogP contribution in [0.1, 0.15) is 25.1 Å². The van der Waals surface area contributed by atoms with E-state index in [1.165, 1.54) is 5.56 Å². The minimum absolute atomic E-state index is 0.179. The van der Waals surface area contributed by atoms with Gasteiger partial charge in [0.1, 0.15) is 0 Å². The molecular weight excluding hydrogens is 288 g/mol. The molecule has 0 radical (unpaired) electrons. The third-order valence-electron chi connectivity index (χ3n) is 5.49. The fourth-order valence-corrected chi connectivity index (χ4v) is 4.25. The quantitative estimate of drug-likeness (QED) is 0.907. The second-order valence-electron chi connectivity index (χ2n) is 7.57. The maximum Gasteiger partial charge on any atom is 0.224 e. The number of benzene rings is 1. The Morgan fingerprint density at radius 3 is 2.74 bits per heavy atom. The molecule has 2 N–H and O–H groups in total. The van der Waals surface area contributed by atoms with Gasteiger partial charge in [-0.1, -0.05) is 18.2 Å². The molecule has 0 spiro atoms. The van der Waals surface area contributed by atoms with Crippen LogP contribution in [0.5, 0.6) is 0 Å². The van der Waals surface area contributed by atoms with Crippen LogP contribution in [0.2, 0.25) is 0 Å². The van der Waals surface area contributed by atoms with Crippen molar-refractivity contribution < 1.29 is 4.79 Å². The SMILES string of the molecule is Cc1cccc2c(C(C)(C)NC(=O)[C@H]3[C@@H]4CNC[C@@H]43)nn(C)c12. The molecule has 3 atom stereocenters. The minimum atomic E-state index is -0.477. The summed E-state index contributed by atoms with van der Waals surface area (Å²) in [6.45, 7) is 8.15. The highest BCUT2D eigenvalue weighted by Crippen LogP contribution is 2.49. The van der Waals surface area contributed by atoms with Gasteiger partial charge in [-0.3, -0.25) is 9.48 Å². The number of carbonyl (C=O) groups is 1. The Morgan fingerprint density at radius 1 is 1.35 bits per heavy atom. The second-order valence-corrected chi connectivity index (χ2v) is 7.57. The first-order chi connectivity index (χ1) is 10.9. The van der Waals surface area contributed by atoms with E-state index < -0.39 is 5.54 Å². The normalized spacial score (nSPS) is 26.3. The number of rotatable bonds is 3. The first-order valence-electron chi connectivity index (χ1n) is 8.35. The lowest BCUT2D eigenvalue weighted by atomic mass is 9.96. The number of hydrogen-bond donors (Lipinski definition) is 2. The van der Waals surface area contributed by atoms with Gasteiger partial charge in [0.25, 0.3) is 0 Å². The lowest BCUT2D eigenvalue weighted by molar-refractivity contribution is -0.124. The van der Waals surface area contributed by atoms with Crippen molar-refractivity contribution in [2.45, 2.75) is 26.3 Å². The Morgan fingerprint density at radius 2 is 2.04 bits per heavy atom. The number of nitrogens with one attached hydrogen (secondary N) is 2.